The highest BCUT2D eigenvalue weighted by Crippen LogP contribution is 2.56. The summed E-state index contributed by atoms with van der Waals surface area (Å²) in [5.74, 6) is 2.28. The molecule has 0 saturated carbocycles. The van der Waals surface area contributed by atoms with Gasteiger partial charge < -0.3 is 0 Å². The Morgan fingerprint density at radius 2 is 1.00 bits per heavy atom. The predicted molar refractivity (Wildman–Crippen MR) is 118 cm³/mol. The van der Waals surface area contributed by atoms with E-state index < -0.39 is 0 Å². The van der Waals surface area contributed by atoms with Crippen molar-refractivity contribution >= 4 is 11.1 Å². The Bertz CT molecular complexity index is 845. The maximum atomic E-state index is 2.56. The van der Waals surface area contributed by atoms with E-state index >= 15 is 0 Å². The highest BCUT2D eigenvalue weighted by atomic mass is 14.4. The summed E-state index contributed by atoms with van der Waals surface area (Å²) in [6, 6.07) is 18.1. The number of hydrogen-bond donors (Lipinski definition) is 0. The first-order chi connectivity index (χ1) is 12.8. The fourth-order valence-electron chi connectivity index (χ4n) is 5.12. The van der Waals surface area contributed by atoms with Crippen molar-refractivity contribution in [2.45, 2.75) is 53.4 Å². The SMILES string of the molecule is CC(C)C1C=C(C(C)(C)C2=CC(C(C)C)c3ccccc32)c2ccccc21. The minimum Gasteiger partial charge on any atom is -0.0720 e. The number of fused-ring (bicyclic) bond motifs is 2. The lowest BCUT2D eigenvalue weighted by atomic mass is 9.73. The molecule has 0 bridgehead atoms. The molecule has 0 saturated heterocycles. The molecular formula is C27H32. The van der Waals surface area contributed by atoms with Gasteiger partial charge in [0.05, 0.1) is 0 Å². The Morgan fingerprint density at radius 3 is 1.37 bits per heavy atom. The first-order valence-electron chi connectivity index (χ1n) is 10.5. The van der Waals surface area contributed by atoms with Gasteiger partial charge in [-0.3, -0.25) is 0 Å². The lowest BCUT2D eigenvalue weighted by Crippen LogP contribution is -2.15. The molecule has 0 radical (unpaired) electrons. The molecule has 2 unspecified atom stereocenters. The summed E-state index contributed by atoms with van der Waals surface area (Å²) in [6.45, 7) is 14.2. The van der Waals surface area contributed by atoms with Gasteiger partial charge in [-0.25, -0.2) is 0 Å². The lowest BCUT2D eigenvalue weighted by molar-refractivity contribution is 0.580. The largest absolute Gasteiger partial charge is 0.0720 e. The molecule has 140 valence electrons. The molecule has 2 aromatic carbocycles. The molecule has 0 aliphatic heterocycles. The molecule has 0 nitrogen and oxygen atoms in total. The number of benzene rings is 2. The molecule has 2 aliphatic carbocycles. The van der Waals surface area contributed by atoms with Crippen molar-refractivity contribution in [2.75, 3.05) is 0 Å². The van der Waals surface area contributed by atoms with Crippen LogP contribution in [0.15, 0.2) is 60.7 Å². The molecular weight excluding hydrogens is 324 g/mol. The van der Waals surface area contributed by atoms with Gasteiger partial charge in [-0.15, -0.1) is 0 Å². The van der Waals surface area contributed by atoms with Gasteiger partial charge in [-0.2, -0.15) is 0 Å². The van der Waals surface area contributed by atoms with Crippen LogP contribution < -0.4 is 0 Å². The summed E-state index contributed by atoms with van der Waals surface area (Å²) in [4.78, 5) is 0. The van der Waals surface area contributed by atoms with E-state index in [1.54, 1.807) is 0 Å². The van der Waals surface area contributed by atoms with Crippen molar-refractivity contribution in [2.24, 2.45) is 17.3 Å². The standard InChI is InChI=1S/C27H32/c1-17(2)23-15-25(21-13-9-7-11-19(21)23)27(5,6)26-16-24(18(3)4)20-12-8-10-14-22(20)26/h7-18,23-24H,1-6H3. The zero-order valence-corrected chi connectivity index (χ0v) is 17.6. The van der Waals surface area contributed by atoms with Crippen LogP contribution in [0.5, 0.6) is 0 Å². The molecule has 0 N–H and O–H groups in total. The maximum Gasteiger partial charge on any atom is 0.0152 e. The smallest absolute Gasteiger partial charge is 0.0152 e. The topological polar surface area (TPSA) is 0 Å². The summed E-state index contributed by atoms with van der Waals surface area (Å²) in [5.41, 5.74) is 8.91. The Labute approximate surface area is 165 Å². The quantitative estimate of drug-likeness (QED) is 0.527. The van der Waals surface area contributed by atoms with E-state index in [-0.39, 0.29) is 5.41 Å². The zero-order chi connectivity index (χ0) is 19.3. The van der Waals surface area contributed by atoms with Gasteiger partial charge in [0, 0.05) is 17.3 Å². The van der Waals surface area contributed by atoms with Crippen molar-refractivity contribution in [3.05, 3.63) is 82.9 Å². The van der Waals surface area contributed by atoms with E-state index in [9.17, 15) is 0 Å². The Kier molecular flexibility index (Phi) is 4.41. The van der Waals surface area contributed by atoms with Crippen LogP contribution in [0.2, 0.25) is 0 Å². The van der Waals surface area contributed by atoms with Gasteiger partial charge in [-0.05, 0) is 45.2 Å². The van der Waals surface area contributed by atoms with Crippen LogP contribution in [0.1, 0.15) is 75.6 Å². The zero-order valence-electron chi connectivity index (χ0n) is 17.6. The minimum atomic E-state index is -0.000509. The monoisotopic (exact) mass is 356 g/mol. The van der Waals surface area contributed by atoms with Crippen LogP contribution in [0.4, 0.5) is 0 Å². The number of rotatable bonds is 4. The van der Waals surface area contributed by atoms with Crippen LogP contribution in [0.3, 0.4) is 0 Å². The van der Waals surface area contributed by atoms with Gasteiger partial charge >= 0.3 is 0 Å². The molecule has 0 spiro atoms. The van der Waals surface area contributed by atoms with E-state index in [2.05, 4.69) is 102 Å². The predicted octanol–water partition coefficient (Wildman–Crippen LogP) is 7.69. The van der Waals surface area contributed by atoms with Crippen molar-refractivity contribution in [3.8, 4) is 0 Å². The normalized spacial score (nSPS) is 21.3. The van der Waals surface area contributed by atoms with Gasteiger partial charge in [0.15, 0.2) is 0 Å². The second-order valence-corrected chi connectivity index (χ2v) is 9.50. The second kappa shape index (κ2) is 6.51. The third-order valence-electron chi connectivity index (χ3n) is 6.70. The number of hydrogen-bond acceptors (Lipinski definition) is 0. The van der Waals surface area contributed by atoms with Crippen LogP contribution in [-0.4, -0.2) is 0 Å². The van der Waals surface area contributed by atoms with Crippen LogP contribution in [-0.2, 0) is 0 Å². The summed E-state index contributed by atoms with van der Waals surface area (Å²) in [6.07, 6.45) is 5.11. The van der Waals surface area contributed by atoms with Crippen molar-refractivity contribution in [1.29, 1.82) is 0 Å². The molecule has 2 atom stereocenters. The molecule has 2 aliphatic rings. The Morgan fingerprint density at radius 1 is 0.630 bits per heavy atom. The summed E-state index contributed by atoms with van der Waals surface area (Å²) >= 11 is 0. The van der Waals surface area contributed by atoms with E-state index in [1.807, 2.05) is 0 Å². The van der Waals surface area contributed by atoms with Crippen LogP contribution in [0.25, 0.3) is 11.1 Å². The number of allylic oxidation sites excluding steroid dienone is 4. The van der Waals surface area contributed by atoms with E-state index in [0.717, 1.165) is 0 Å². The average Bonchev–Trinajstić information content (AvgIpc) is 3.22. The van der Waals surface area contributed by atoms with Gasteiger partial charge in [0.25, 0.3) is 0 Å². The first kappa shape index (κ1) is 18.3. The Balaban J connectivity index is 1.85. The molecule has 2 aromatic rings. The van der Waals surface area contributed by atoms with Crippen molar-refractivity contribution in [1.82, 2.24) is 0 Å². The fourth-order valence-corrected chi connectivity index (χ4v) is 5.12. The molecule has 0 heteroatoms. The van der Waals surface area contributed by atoms with Gasteiger partial charge in [0.1, 0.15) is 0 Å². The fraction of sp³-hybridized carbons (Fsp3) is 0.407. The third kappa shape index (κ3) is 2.81. The molecule has 27 heavy (non-hydrogen) atoms. The minimum absolute atomic E-state index is 0.000509. The second-order valence-electron chi connectivity index (χ2n) is 9.50. The van der Waals surface area contributed by atoms with Crippen molar-refractivity contribution < 1.29 is 0 Å². The van der Waals surface area contributed by atoms with Crippen molar-refractivity contribution in [3.63, 3.8) is 0 Å². The summed E-state index contributed by atoms with van der Waals surface area (Å²) in [5, 5.41) is 0. The van der Waals surface area contributed by atoms with E-state index in [4.69, 9.17) is 0 Å². The molecule has 4 rings (SSSR count). The van der Waals surface area contributed by atoms with Gasteiger partial charge in [-0.1, -0.05) is 102 Å². The highest BCUT2D eigenvalue weighted by Gasteiger charge is 2.40. The molecule has 0 aromatic heterocycles. The van der Waals surface area contributed by atoms with Crippen LogP contribution >= 0.6 is 0 Å². The Hall–Kier alpha value is -2.08. The van der Waals surface area contributed by atoms with E-state index in [1.165, 1.54) is 33.4 Å². The lowest BCUT2D eigenvalue weighted by Gasteiger charge is -2.30. The summed E-state index contributed by atoms with van der Waals surface area (Å²) in [7, 11) is 0. The maximum absolute atomic E-state index is 2.56. The third-order valence-corrected chi connectivity index (χ3v) is 6.70. The average molecular weight is 357 g/mol. The molecule has 0 heterocycles. The van der Waals surface area contributed by atoms with Crippen LogP contribution in [0, 0.1) is 17.3 Å². The van der Waals surface area contributed by atoms with Gasteiger partial charge in [0.2, 0.25) is 0 Å². The first-order valence-corrected chi connectivity index (χ1v) is 10.5. The highest BCUT2D eigenvalue weighted by molar-refractivity contribution is 5.92. The van der Waals surface area contributed by atoms with E-state index in [0.29, 0.717) is 23.7 Å². The molecule has 0 amide bonds. The molecule has 0 fully saturated rings. The summed E-state index contributed by atoms with van der Waals surface area (Å²) < 4.78 is 0.